The second-order valence-corrected chi connectivity index (χ2v) is 7.02. The number of carbonyl (C=O) groups excluding carboxylic acids is 1. The van der Waals surface area contributed by atoms with Crippen LogP contribution in [0.1, 0.15) is 33.8 Å². The minimum Gasteiger partial charge on any atom is -0.351 e. The van der Waals surface area contributed by atoms with E-state index in [4.69, 9.17) is 0 Å². The Morgan fingerprint density at radius 1 is 1.46 bits per heavy atom. The zero-order valence-corrected chi connectivity index (χ0v) is 14.0. The summed E-state index contributed by atoms with van der Waals surface area (Å²) in [5.74, 6) is 0.155. The summed E-state index contributed by atoms with van der Waals surface area (Å²) in [5, 5.41) is 6.78. The van der Waals surface area contributed by atoms with Gasteiger partial charge in [0.2, 0.25) is 0 Å². The fraction of sp³-hybridized carbons (Fsp3) is 0.500. The van der Waals surface area contributed by atoms with Gasteiger partial charge in [-0.3, -0.25) is 4.79 Å². The van der Waals surface area contributed by atoms with Crippen LogP contribution < -0.4 is 10.6 Å². The van der Waals surface area contributed by atoms with Crippen LogP contribution in [-0.2, 0) is 6.18 Å². The van der Waals surface area contributed by atoms with Crippen LogP contribution in [0.4, 0.5) is 13.2 Å². The molecular weight excluding hydrogens is 339 g/mol. The normalized spacial score (nSPS) is 18.8. The van der Waals surface area contributed by atoms with Gasteiger partial charge in [-0.25, -0.2) is 4.98 Å². The van der Waals surface area contributed by atoms with Gasteiger partial charge in [0, 0.05) is 11.9 Å². The Balaban J connectivity index is 1.78. The van der Waals surface area contributed by atoms with E-state index in [0.29, 0.717) is 28.3 Å². The van der Waals surface area contributed by atoms with Gasteiger partial charge in [0.15, 0.2) is 0 Å². The maximum absolute atomic E-state index is 12.8. The smallest absolute Gasteiger partial charge is 0.351 e. The molecule has 1 aliphatic rings. The third kappa shape index (κ3) is 3.54. The number of halogens is 3. The number of thiophene rings is 1. The number of aromatic nitrogens is 1. The first-order valence-corrected chi connectivity index (χ1v) is 8.64. The fourth-order valence-electron chi connectivity index (χ4n) is 2.89. The lowest BCUT2D eigenvalue weighted by Gasteiger charge is -2.22. The minimum atomic E-state index is -4.48. The standard InChI is InChI=1S/C16H18F3N3OS/c1-9-11-4-5-12(16(17,18)19)22-15(11)24-13(9)14(23)21-8-10-3-2-6-20-7-10/h4-5,10,20H,2-3,6-8H2,1H3,(H,21,23). The van der Waals surface area contributed by atoms with Gasteiger partial charge in [0.1, 0.15) is 10.5 Å². The molecule has 1 unspecified atom stereocenters. The van der Waals surface area contributed by atoms with E-state index in [1.807, 2.05) is 0 Å². The van der Waals surface area contributed by atoms with Crippen molar-refractivity contribution >= 4 is 27.5 Å². The summed E-state index contributed by atoms with van der Waals surface area (Å²) in [6, 6.07) is 2.34. The lowest BCUT2D eigenvalue weighted by atomic mass is 10.00. The van der Waals surface area contributed by atoms with Crippen molar-refractivity contribution in [1.29, 1.82) is 0 Å². The molecule has 3 rings (SSSR count). The summed E-state index contributed by atoms with van der Waals surface area (Å²) in [4.78, 5) is 16.7. The molecule has 0 bridgehead atoms. The highest BCUT2D eigenvalue weighted by molar-refractivity contribution is 7.20. The van der Waals surface area contributed by atoms with Crippen molar-refractivity contribution in [2.45, 2.75) is 25.9 Å². The largest absolute Gasteiger partial charge is 0.433 e. The Labute approximate surface area is 141 Å². The summed E-state index contributed by atoms with van der Waals surface area (Å²) in [6.07, 6.45) is -2.33. The zero-order chi connectivity index (χ0) is 17.3. The molecule has 0 saturated carbocycles. The number of rotatable bonds is 3. The summed E-state index contributed by atoms with van der Waals surface area (Å²) in [5.41, 5.74) is -0.257. The average Bonchev–Trinajstić information content (AvgIpc) is 2.89. The lowest BCUT2D eigenvalue weighted by molar-refractivity contribution is -0.140. The van der Waals surface area contributed by atoms with E-state index in [1.165, 1.54) is 6.07 Å². The number of aryl methyl sites for hydroxylation is 1. The van der Waals surface area contributed by atoms with Crippen molar-refractivity contribution in [2.24, 2.45) is 5.92 Å². The molecule has 2 N–H and O–H groups in total. The Morgan fingerprint density at radius 3 is 2.92 bits per heavy atom. The van der Waals surface area contributed by atoms with Crippen LogP contribution in [0.3, 0.4) is 0 Å². The van der Waals surface area contributed by atoms with Gasteiger partial charge in [-0.05, 0) is 56.5 Å². The van der Waals surface area contributed by atoms with Gasteiger partial charge >= 0.3 is 6.18 Å². The van der Waals surface area contributed by atoms with Crippen LogP contribution in [0.15, 0.2) is 12.1 Å². The van der Waals surface area contributed by atoms with Crippen molar-refractivity contribution < 1.29 is 18.0 Å². The number of nitrogens with one attached hydrogen (secondary N) is 2. The predicted octanol–water partition coefficient (Wildman–Crippen LogP) is 3.35. The third-order valence-corrected chi connectivity index (χ3v) is 5.45. The SMILES string of the molecule is Cc1c(C(=O)NCC2CCCNC2)sc2nc(C(F)(F)F)ccc12. The average molecular weight is 357 g/mol. The number of alkyl halides is 3. The minimum absolute atomic E-state index is 0.241. The third-order valence-electron chi connectivity index (χ3n) is 4.25. The molecule has 2 aromatic rings. The van der Waals surface area contributed by atoms with Gasteiger partial charge in [-0.2, -0.15) is 13.2 Å². The van der Waals surface area contributed by atoms with Crippen LogP contribution in [0.5, 0.6) is 0 Å². The second-order valence-electron chi connectivity index (χ2n) is 6.03. The van der Waals surface area contributed by atoms with Crippen molar-refractivity contribution in [1.82, 2.24) is 15.6 Å². The monoisotopic (exact) mass is 357 g/mol. The van der Waals surface area contributed by atoms with Crippen molar-refractivity contribution in [2.75, 3.05) is 19.6 Å². The molecule has 8 heteroatoms. The summed E-state index contributed by atoms with van der Waals surface area (Å²) in [7, 11) is 0. The number of hydrogen-bond acceptors (Lipinski definition) is 4. The first-order valence-electron chi connectivity index (χ1n) is 7.82. The van der Waals surface area contributed by atoms with Gasteiger partial charge < -0.3 is 10.6 Å². The molecule has 1 saturated heterocycles. The highest BCUT2D eigenvalue weighted by atomic mass is 32.1. The number of carbonyl (C=O) groups is 1. The highest BCUT2D eigenvalue weighted by Gasteiger charge is 2.33. The number of nitrogens with zero attached hydrogens (tertiary/aromatic N) is 1. The van der Waals surface area contributed by atoms with Crippen LogP contribution in [-0.4, -0.2) is 30.5 Å². The van der Waals surface area contributed by atoms with Crippen molar-refractivity contribution in [3.8, 4) is 0 Å². The molecule has 0 spiro atoms. The predicted molar refractivity (Wildman–Crippen MR) is 87.3 cm³/mol. The maximum atomic E-state index is 12.8. The highest BCUT2D eigenvalue weighted by Crippen LogP contribution is 2.34. The molecule has 1 fully saturated rings. The quantitative estimate of drug-likeness (QED) is 0.886. The van der Waals surface area contributed by atoms with Crippen LogP contribution >= 0.6 is 11.3 Å². The Morgan fingerprint density at radius 2 is 2.25 bits per heavy atom. The topological polar surface area (TPSA) is 54.0 Å². The van der Waals surface area contributed by atoms with E-state index in [-0.39, 0.29) is 10.7 Å². The van der Waals surface area contributed by atoms with Crippen molar-refractivity contribution in [3.05, 3.63) is 28.3 Å². The molecule has 24 heavy (non-hydrogen) atoms. The van der Waals surface area contributed by atoms with E-state index in [1.54, 1.807) is 6.92 Å². The molecule has 130 valence electrons. The molecule has 0 aliphatic carbocycles. The lowest BCUT2D eigenvalue weighted by Crippen LogP contribution is -2.38. The van der Waals surface area contributed by atoms with E-state index in [2.05, 4.69) is 15.6 Å². The number of hydrogen-bond donors (Lipinski definition) is 2. The van der Waals surface area contributed by atoms with E-state index in [9.17, 15) is 18.0 Å². The van der Waals surface area contributed by atoms with Crippen LogP contribution in [0.25, 0.3) is 10.2 Å². The number of amides is 1. The summed E-state index contributed by atoms with van der Waals surface area (Å²) in [6.45, 7) is 4.20. The zero-order valence-electron chi connectivity index (χ0n) is 13.2. The first kappa shape index (κ1) is 17.2. The maximum Gasteiger partial charge on any atom is 0.433 e. The summed E-state index contributed by atoms with van der Waals surface area (Å²) >= 11 is 1.01. The van der Waals surface area contributed by atoms with Gasteiger partial charge in [-0.15, -0.1) is 11.3 Å². The van der Waals surface area contributed by atoms with Crippen molar-refractivity contribution in [3.63, 3.8) is 0 Å². The molecule has 1 amide bonds. The molecule has 0 aromatic carbocycles. The molecular formula is C16H18F3N3OS. The first-order chi connectivity index (χ1) is 11.4. The molecule has 3 heterocycles. The molecule has 0 radical (unpaired) electrons. The van der Waals surface area contributed by atoms with Crippen LogP contribution in [0, 0.1) is 12.8 Å². The number of fused-ring (bicyclic) bond motifs is 1. The molecule has 4 nitrogen and oxygen atoms in total. The van der Waals surface area contributed by atoms with E-state index >= 15 is 0 Å². The van der Waals surface area contributed by atoms with Gasteiger partial charge in [0.25, 0.3) is 5.91 Å². The number of pyridine rings is 1. The Hall–Kier alpha value is -1.67. The van der Waals surface area contributed by atoms with E-state index in [0.717, 1.165) is 43.3 Å². The van der Waals surface area contributed by atoms with Gasteiger partial charge in [0.05, 0.1) is 4.88 Å². The Bertz CT molecular complexity index is 751. The second kappa shape index (κ2) is 6.68. The molecule has 1 aliphatic heterocycles. The Kier molecular flexibility index (Phi) is 4.78. The van der Waals surface area contributed by atoms with E-state index < -0.39 is 11.9 Å². The number of piperidine rings is 1. The molecule has 1 atom stereocenters. The fourth-order valence-corrected chi connectivity index (χ4v) is 3.99. The summed E-state index contributed by atoms with van der Waals surface area (Å²) < 4.78 is 38.3. The van der Waals surface area contributed by atoms with Gasteiger partial charge in [-0.1, -0.05) is 0 Å². The molecule has 2 aromatic heterocycles. The van der Waals surface area contributed by atoms with Crippen LogP contribution in [0.2, 0.25) is 0 Å².